The van der Waals surface area contributed by atoms with E-state index in [2.05, 4.69) is 33.8 Å². The van der Waals surface area contributed by atoms with E-state index in [1.165, 1.54) is 63.4 Å². The number of hydrogen-bond donors (Lipinski definition) is 2. The van der Waals surface area contributed by atoms with Crippen LogP contribution < -0.4 is 5.84 Å². The van der Waals surface area contributed by atoms with Crippen molar-refractivity contribution < 1.29 is 24.2 Å². The second-order valence-corrected chi connectivity index (χ2v) is 14.9. The molecule has 7 unspecified atom stereocenters. The van der Waals surface area contributed by atoms with Gasteiger partial charge in [0, 0.05) is 19.5 Å². The molecule has 3 N–H and O–H groups in total. The van der Waals surface area contributed by atoms with Crippen molar-refractivity contribution in [2.45, 2.75) is 111 Å². The Balaban J connectivity index is 1.27. The minimum atomic E-state index is -0.675. The lowest BCUT2D eigenvalue weighted by Gasteiger charge is -2.58. The van der Waals surface area contributed by atoms with E-state index in [1.54, 1.807) is 0 Å². The molecule has 0 aromatic heterocycles. The fraction of sp³-hybridized carbons (Fsp3) is 0.882. The van der Waals surface area contributed by atoms with Crippen molar-refractivity contribution in [2.75, 3.05) is 39.9 Å². The van der Waals surface area contributed by atoms with Gasteiger partial charge in [0.2, 0.25) is 0 Å². The van der Waals surface area contributed by atoms with E-state index >= 15 is 0 Å². The lowest BCUT2D eigenvalue weighted by molar-refractivity contribution is -0.145. The number of ether oxygens (including phenoxy) is 2. The largest absolute Gasteiger partial charge is 0.463 e. The number of allylic oxidation sites excluding steroid dienone is 1. The first-order chi connectivity index (χ1) is 20.0. The summed E-state index contributed by atoms with van der Waals surface area (Å²) in [7, 11) is 1.83. The summed E-state index contributed by atoms with van der Waals surface area (Å²) in [6, 6.07) is 0. The third kappa shape index (κ3) is 7.52. The summed E-state index contributed by atoms with van der Waals surface area (Å²) in [6.07, 6.45) is 16.5. The summed E-state index contributed by atoms with van der Waals surface area (Å²) in [4.78, 5) is 26.7. The number of esters is 1. The molecule has 4 rings (SSSR count). The zero-order valence-electron chi connectivity index (χ0n) is 27.1. The molecule has 0 aliphatic heterocycles. The number of nitrogens with two attached hydrogens (primary N) is 1. The molecular weight excluding hydrogens is 530 g/mol. The maximum Gasteiger partial charge on any atom is 0.424 e. The van der Waals surface area contributed by atoms with Crippen LogP contribution in [-0.2, 0) is 14.3 Å². The molecule has 4 aliphatic rings. The highest BCUT2D eigenvalue weighted by atomic mass is 16.6. The van der Waals surface area contributed by atoms with Crippen molar-refractivity contribution in [1.82, 2.24) is 9.91 Å². The first kappa shape index (κ1) is 33.3. The molecule has 4 aliphatic carbocycles. The number of fused-ring (bicyclic) bond motifs is 5. The number of hydrogen-bond acceptors (Lipinski definition) is 7. The normalized spacial score (nSPS) is 33.9. The Morgan fingerprint density at radius 3 is 2.62 bits per heavy atom. The number of aliphatic hydroxyl groups excluding tert-OH is 1. The van der Waals surface area contributed by atoms with Gasteiger partial charge < -0.3 is 19.5 Å². The molecule has 42 heavy (non-hydrogen) atoms. The molecule has 240 valence electrons. The Morgan fingerprint density at radius 1 is 1.10 bits per heavy atom. The van der Waals surface area contributed by atoms with Gasteiger partial charge in [0.05, 0.1) is 6.61 Å². The van der Waals surface area contributed by atoms with Gasteiger partial charge in [-0.15, -0.1) is 0 Å². The Hall–Kier alpha value is -1.64. The Bertz CT molecular complexity index is 955. The number of amides is 1. The third-order valence-corrected chi connectivity index (χ3v) is 11.9. The molecule has 0 aromatic carbocycles. The molecule has 7 atom stereocenters. The van der Waals surface area contributed by atoms with Gasteiger partial charge in [-0.25, -0.2) is 15.6 Å². The van der Waals surface area contributed by atoms with Gasteiger partial charge in [-0.05, 0) is 98.8 Å². The lowest BCUT2D eigenvalue weighted by Crippen LogP contribution is -2.51. The number of likely N-dealkylation sites (N-methyl/N-ethyl adjacent to an activating group) is 1. The molecule has 1 amide bonds. The molecule has 0 spiro atoms. The highest BCUT2D eigenvalue weighted by Crippen LogP contribution is 2.66. The molecule has 3 saturated carbocycles. The fourth-order valence-electron chi connectivity index (χ4n) is 9.31. The van der Waals surface area contributed by atoms with E-state index < -0.39 is 12.1 Å². The van der Waals surface area contributed by atoms with E-state index in [-0.39, 0.29) is 31.3 Å². The number of nitrogens with zero attached hydrogens (tertiary/aromatic N) is 2. The molecule has 8 nitrogen and oxygen atoms in total. The average Bonchev–Trinajstić information content (AvgIpc) is 3.27. The molecule has 0 radical (unpaired) electrons. The minimum Gasteiger partial charge on any atom is -0.463 e. The van der Waals surface area contributed by atoms with E-state index in [0.29, 0.717) is 18.5 Å². The van der Waals surface area contributed by atoms with Crippen LogP contribution in [0.2, 0.25) is 0 Å². The monoisotopic (exact) mass is 589 g/mol. The summed E-state index contributed by atoms with van der Waals surface area (Å²) in [5.41, 5.74) is 2.17. The van der Waals surface area contributed by atoms with Gasteiger partial charge >= 0.3 is 12.1 Å². The first-order valence-corrected chi connectivity index (χ1v) is 16.8. The summed E-state index contributed by atoms with van der Waals surface area (Å²) in [5.74, 6) is 9.38. The summed E-state index contributed by atoms with van der Waals surface area (Å²) in [5, 5.41) is 9.77. The second kappa shape index (κ2) is 14.4. The zero-order valence-corrected chi connectivity index (χ0v) is 27.1. The molecule has 0 bridgehead atoms. The third-order valence-electron chi connectivity index (χ3n) is 11.9. The van der Waals surface area contributed by atoms with Crippen LogP contribution in [0.15, 0.2) is 11.6 Å². The number of carbonyl (C=O) groups excluding carboxylic acids is 2. The van der Waals surface area contributed by atoms with Crippen LogP contribution in [0.25, 0.3) is 0 Å². The van der Waals surface area contributed by atoms with Crippen molar-refractivity contribution in [2.24, 2.45) is 46.3 Å². The summed E-state index contributed by atoms with van der Waals surface area (Å²) < 4.78 is 11.0. The van der Waals surface area contributed by atoms with E-state index in [1.807, 2.05) is 11.9 Å². The van der Waals surface area contributed by atoms with Crippen LogP contribution in [0.4, 0.5) is 4.79 Å². The topological polar surface area (TPSA) is 105 Å². The van der Waals surface area contributed by atoms with Gasteiger partial charge in [-0.2, -0.15) is 0 Å². The van der Waals surface area contributed by atoms with Gasteiger partial charge in [0.1, 0.15) is 19.3 Å². The van der Waals surface area contributed by atoms with E-state index in [0.717, 1.165) is 53.9 Å². The highest BCUT2D eigenvalue weighted by molar-refractivity contribution is 5.77. The smallest absolute Gasteiger partial charge is 0.424 e. The molecule has 8 heteroatoms. The second-order valence-electron chi connectivity index (χ2n) is 14.9. The fourth-order valence-corrected chi connectivity index (χ4v) is 9.31. The van der Waals surface area contributed by atoms with Crippen LogP contribution in [0, 0.1) is 40.4 Å². The Morgan fingerprint density at radius 2 is 1.88 bits per heavy atom. The van der Waals surface area contributed by atoms with Gasteiger partial charge in [-0.1, -0.05) is 58.6 Å². The number of aliphatic hydroxyl groups is 1. The van der Waals surface area contributed by atoms with Gasteiger partial charge in [-0.3, -0.25) is 4.79 Å². The van der Waals surface area contributed by atoms with Gasteiger partial charge in [0.15, 0.2) is 0 Å². The predicted molar refractivity (Wildman–Crippen MR) is 165 cm³/mol. The van der Waals surface area contributed by atoms with Crippen molar-refractivity contribution in [3.63, 3.8) is 0 Å². The van der Waals surface area contributed by atoms with Crippen LogP contribution in [0.3, 0.4) is 0 Å². The summed E-state index contributed by atoms with van der Waals surface area (Å²) in [6.45, 7) is 10.7. The van der Waals surface area contributed by atoms with Crippen molar-refractivity contribution >= 4 is 12.1 Å². The lowest BCUT2D eigenvalue weighted by atomic mass is 9.47. The average molecular weight is 590 g/mol. The van der Waals surface area contributed by atoms with E-state index in [4.69, 9.17) is 20.4 Å². The van der Waals surface area contributed by atoms with Crippen molar-refractivity contribution in [1.29, 1.82) is 0 Å². The number of rotatable bonds is 13. The first-order valence-electron chi connectivity index (χ1n) is 16.8. The van der Waals surface area contributed by atoms with Crippen molar-refractivity contribution in [3.8, 4) is 0 Å². The van der Waals surface area contributed by atoms with Gasteiger partial charge in [0.25, 0.3) is 0 Å². The molecular formula is C34H59N3O5. The minimum absolute atomic E-state index is 0.0461. The SMILES string of the molecule is CC(C)CCCCC1CCC2C3CC=C4CC(OC(=O)N(N)CC(=O)OCCN(C)CCO)CCC4(C)C3CCC12C. The molecule has 0 heterocycles. The van der Waals surface area contributed by atoms with Crippen LogP contribution in [0.5, 0.6) is 0 Å². The number of unbranched alkanes of at least 4 members (excludes halogenated alkanes) is 1. The van der Waals surface area contributed by atoms with Crippen LogP contribution in [-0.4, -0.2) is 73.1 Å². The number of hydrazine groups is 1. The molecule has 3 fully saturated rings. The van der Waals surface area contributed by atoms with Crippen molar-refractivity contribution in [3.05, 3.63) is 11.6 Å². The molecule has 0 saturated heterocycles. The number of carbonyl (C=O) groups is 2. The van der Waals surface area contributed by atoms with Crippen LogP contribution >= 0.6 is 0 Å². The Kier molecular flexibility index (Phi) is 11.4. The van der Waals surface area contributed by atoms with Crippen LogP contribution in [0.1, 0.15) is 105 Å². The molecule has 0 aromatic rings. The van der Waals surface area contributed by atoms with E-state index in [9.17, 15) is 9.59 Å². The highest BCUT2D eigenvalue weighted by Gasteiger charge is 2.58. The predicted octanol–water partition coefficient (Wildman–Crippen LogP) is 5.93. The maximum absolute atomic E-state index is 12.7. The zero-order chi connectivity index (χ0) is 30.5. The quantitative estimate of drug-likeness (QED) is 0.0685. The summed E-state index contributed by atoms with van der Waals surface area (Å²) >= 11 is 0. The standard InChI is InChI=1S/C34H59N3O5/c1-24(2)8-6-7-9-25-11-13-29-28-12-10-26-22-27(14-16-34(26,4)30(28)15-17-33(25,29)3)42-32(40)37(35)23-31(39)41-21-19-36(5)18-20-38/h10,24-25,27-30,38H,6-9,11-23,35H2,1-5H3. The Labute approximate surface area is 254 Å². The maximum atomic E-state index is 12.7.